The van der Waals surface area contributed by atoms with Gasteiger partial charge in [0.2, 0.25) is 0 Å². The Kier molecular flexibility index (Phi) is 78.3. The van der Waals surface area contributed by atoms with Crippen LogP contribution in [-0.4, -0.2) is 29.1 Å². The van der Waals surface area contributed by atoms with Crippen molar-refractivity contribution in [3.8, 4) is 0 Å². The van der Waals surface area contributed by atoms with E-state index >= 15 is 0 Å². The van der Waals surface area contributed by atoms with Gasteiger partial charge in [-0.1, -0.05) is 290 Å². The molecule has 65 heavy (non-hydrogen) atoms. The van der Waals surface area contributed by atoms with E-state index < -0.39 is 17.9 Å². The number of aliphatic hydroxyl groups excluding tert-OH is 1. The molecule has 0 aliphatic carbocycles. The summed E-state index contributed by atoms with van der Waals surface area (Å²) >= 11 is 0. The maximum Gasteiger partial charge on any atom is 3.00 e. The molecule has 0 rings (SSSR count). The number of unbranched alkanes of at least 4 members (excludes halogenated alkanes) is 42. The molecule has 0 aromatic rings. The van der Waals surface area contributed by atoms with Crippen LogP contribution in [0.25, 0.3) is 0 Å². The number of carboxylic acids is 3. The normalized spacial score (nSPS) is 10.6. The molecule has 0 spiro atoms. The van der Waals surface area contributed by atoms with Crippen molar-refractivity contribution in [1.82, 2.24) is 0 Å². The van der Waals surface area contributed by atoms with Gasteiger partial charge in [-0.15, -0.1) is 0 Å². The number of hydrogen-bond donors (Lipinski definition) is 1. The number of hydrogen-bond acceptors (Lipinski definition) is 7. The summed E-state index contributed by atoms with van der Waals surface area (Å²) in [5.41, 5.74) is 0. The molecule has 0 heterocycles. The first-order valence-corrected chi connectivity index (χ1v) is 28.3. The molecule has 0 aromatic carbocycles. The van der Waals surface area contributed by atoms with Gasteiger partial charge >= 0.3 is 21.7 Å². The Morgan fingerprint density at radius 1 is 0.277 bits per heavy atom. The molecule has 8 heteroatoms. The van der Waals surface area contributed by atoms with E-state index in [1.807, 2.05) is 0 Å². The summed E-state index contributed by atoms with van der Waals surface area (Å²) in [4.78, 5) is 30.7. The quantitative estimate of drug-likeness (QED) is 0.0473. The second-order valence-electron chi connectivity index (χ2n) is 19.3. The number of carbonyl (C=O) groups excluding carboxylic acids is 3. The molecule has 0 amide bonds. The van der Waals surface area contributed by atoms with Gasteiger partial charge in [0.1, 0.15) is 0 Å². The van der Waals surface area contributed by atoms with Crippen LogP contribution in [-0.2, 0) is 36.1 Å². The monoisotopic (exact) mass is 958 g/mol. The van der Waals surface area contributed by atoms with E-state index in [1.165, 1.54) is 250 Å². The van der Waals surface area contributed by atoms with E-state index in [0.717, 1.165) is 38.5 Å². The minimum atomic E-state index is -0.903. The molecule has 0 saturated heterocycles. The minimum absolute atomic E-state index is 0. The van der Waals surface area contributed by atoms with Gasteiger partial charge in [-0.25, -0.2) is 0 Å². The third-order valence-corrected chi connectivity index (χ3v) is 12.0. The van der Waals surface area contributed by atoms with Crippen LogP contribution in [0.15, 0.2) is 0 Å². The summed E-state index contributed by atoms with van der Waals surface area (Å²) in [5.74, 6) is -2.71. The van der Waals surface area contributed by atoms with Crippen LogP contribution in [0, 0.1) is 0 Å². The Morgan fingerprint density at radius 2 is 0.369 bits per heavy atom. The first-order chi connectivity index (χ1) is 31.0. The number of aliphatic hydroxyl groups is 1. The van der Waals surface area contributed by atoms with Gasteiger partial charge in [0.05, 0.1) is 0 Å². The summed E-state index contributed by atoms with van der Waals surface area (Å²) in [6.45, 7) is 10.2. The molecular weight excluding hydrogens is 844 g/mol. The van der Waals surface area contributed by atoms with Gasteiger partial charge in [-0.2, -0.15) is 0 Å². The zero-order valence-electron chi connectivity index (χ0n) is 44.4. The molecule has 387 valence electrons. The summed E-state index contributed by atoms with van der Waals surface area (Å²) < 4.78 is 0. The Morgan fingerprint density at radius 3 is 0.462 bits per heavy atom. The summed E-state index contributed by atoms with van der Waals surface area (Å²) in [7, 11) is 0. The average molecular weight is 958 g/mol. The van der Waals surface area contributed by atoms with Crippen LogP contribution in [0.1, 0.15) is 343 Å². The maximum atomic E-state index is 10.2. The molecule has 0 aromatic heterocycles. The van der Waals surface area contributed by atoms with E-state index in [0.29, 0.717) is 0 Å². The Balaban J connectivity index is -0.000000263. The largest absolute Gasteiger partial charge is 3.00 e. The van der Waals surface area contributed by atoms with Gasteiger partial charge in [0.25, 0.3) is 0 Å². The van der Waals surface area contributed by atoms with Gasteiger partial charge < -0.3 is 34.8 Å². The molecule has 0 aliphatic rings. The Bertz CT molecular complexity index is 761. The minimum Gasteiger partial charge on any atom is -0.550 e. The summed E-state index contributed by atoms with van der Waals surface area (Å²) in [6.07, 6.45) is 59.4. The van der Waals surface area contributed by atoms with Crippen LogP contribution in [0.3, 0.4) is 0 Å². The predicted molar refractivity (Wildman–Crippen MR) is 271 cm³/mol. The molecule has 0 unspecified atom stereocenters. The summed E-state index contributed by atoms with van der Waals surface area (Å²) in [5, 5.41) is 38.7. The Labute approximate surface area is 421 Å². The molecule has 0 aliphatic heterocycles. The van der Waals surface area contributed by atoms with Crippen molar-refractivity contribution < 1.29 is 56.5 Å². The molecule has 0 fully saturated rings. The van der Waals surface area contributed by atoms with E-state index in [4.69, 9.17) is 5.11 Å². The number of carboxylic acid groups (broad SMARTS) is 3. The molecule has 0 atom stereocenters. The van der Waals surface area contributed by atoms with Crippen molar-refractivity contribution >= 4 is 17.9 Å². The SMILES string of the molecule is CC(C)O.CCCCCCCCCCCCCCCCCC(=O)[O-].CCCCCCCCCCCCCCCCCC(=O)[O-].CCCCCCCCCCCCCCCCCC(=O)[O-].[Ti+3]. The Hall–Kier alpha value is -0.916. The predicted octanol–water partition coefficient (Wildman–Crippen LogP) is 15.4. The van der Waals surface area contributed by atoms with Crippen LogP contribution < -0.4 is 15.3 Å². The van der Waals surface area contributed by atoms with E-state index in [-0.39, 0.29) is 47.1 Å². The number of rotatable bonds is 48. The van der Waals surface area contributed by atoms with Crippen LogP contribution in [0.4, 0.5) is 0 Å². The maximum absolute atomic E-state index is 10.2. The molecular formula is C57H113O7Ti. The fourth-order valence-corrected chi connectivity index (χ4v) is 7.92. The third-order valence-electron chi connectivity index (χ3n) is 12.0. The molecule has 0 saturated carbocycles. The van der Waals surface area contributed by atoms with E-state index in [1.54, 1.807) is 13.8 Å². The van der Waals surface area contributed by atoms with Crippen molar-refractivity contribution in [1.29, 1.82) is 0 Å². The molecule has 7 nitrogen and oxygen atoms in total. The van der Waals surface area contributed by atoms with E-state index in [2.05, 4.69) is 20.8 Å². The van der Waals surface area contributed by atoms with Crippen LogP contribution >= 0.6 is 0 Å². The molecule has 0 bridgehead atoms. The fourth-order valence-electron chi connectivity index (χ4n) is 7.92. The third kappa shape index (κ3) is 93.8. The average Bonchev–Trinajstić information content (AvgIpc) is 3.25. The van der Waals surface area contributed by atoms with Crippen molar-refractivity contribution in [3.05, 3.63) is 0 Å². The second-order valence-corrected chi connectivity index (χ2v) is 19.3. The zero-order chi connectivity index (χ0) is 48.3. The second kappa shape index (κ2) is 69.7. The van der Waals surface area contributed by atoms with Crippen molar-refractivity contribution in [3.63, 3.8) is 0 Å². The van der Waals surface area contributed by atoms with Crippen LogP contribution in [0.5, 0.6) is 0 Å². The molecule has 1 radical (unpaired) electrons. The van der Waals surface area contributed by atoms with Gasteiger partial charge in [-0.05, 0) is 52.4 Å². The fraction of sp³-hybridized carbons (Fsp3) is 0.947. The topological polar surface area (TPSA) is 141 Å². The number of carbonyl (C=O) groups is 3. The first-order valence-electron chi connectivity index (χ1n) is 28.3. The van der Waals surface area contributed by atoms with E-state index in [9.17, 15) is 29.7 Å². The van der Waals surface area contributed by atoms with Crippen molar-refractivity contribution in [2.45, 2.75) is 349 Å². The van der Waals surface area contributed by atoms with Crippen molar-refractivity contribution in [2.75, 3.05) is 0 Å². The first kappa shape index (κ1) is 73.1. The van der Waals surface area contributed by atoms with Crippen molar-refractivity contribution in [2.24, 2.45) is 0 Å². The van der Waals surface area contributed by atoms with Crippen LogP contribution in [0.2, 0.25) is 0 Å². The van der Waals surface area contributed by atoms with Gasteiger partial charge in [0, 0.05) is 24.0 Å². The van der Waals surface area contributed by atoms with Gasteiger partial charge in [-0.3, -0.25) is 0 Å². The smallest absolute Gasteiger partial charge is 0.550 e. The zero-order valence-corrected chi connectivity index (χ0v) is 46.0. The van der Waals surface area contributed by atoms with Gasteiger partial charge in [0.15, 0.2) is 0 Å². The molecule has 1 N–H and O–H groups in total. The summed E-state index contributed by atoms with van der Waals surface area (Å²) in [6, 6.07) is 0. The number of aliphatic carboxylic acids is 3. The standard InChI is InChI=1S/3C18H36O2.C3H8O.Ti/c3*1-2-3-4-5-6-7-8-9-10-11-12-13-14-15-16-17-18(19)20;1-3(2)4;/h3*2-17H2,1H3,(H,19,20);3-4H,1-2H3;/q;;;;+3/p-3.